The van der Waals surface area contributed by atoms with Gasteiger partial charge in [-0.25, -0.2) is 0 Å². The summed E-state index contributed by atoms with van der Waals surface area (Å²) in [4.78, 5) is 0. The molecule has 0 fully saturated rings. The van der Waals surface area contributed by atoms with E-state index >= 15 is 0 Å². The molecule has 0 N–H and O–H groups in total. The molecule has 0 saturated carbocycles. The summed E-state index contributed by atoms with van der Waals surface area (Å²) >= 11 is 0. The second-order valence-corrected chi connectivity index (χ2v) is 14.6. The number of aryl methyl sites for hydroxylation is 4. The molecule has 0 nitrogen and oxygen atoms in total. The van der Waals surface area contributed by atoms with Crippen LogP contribution in [0.5, 0.6) is 0 Å². The van der Waals surface area contributed by atoms with Crippen molar-refractivity contribution in [3.63, 3.8) is 0 Å². The molecule has 0 bridgehead atoms. The number of hydrogen-bond acceptors (Lipinski definition) is 0. The van der Waals surface area contributed by atoms with Gasteiger partial charge in [0.15, 0.2) is 0 Å². The van der Waals surface area contributed by atoms with Crippen LogP contribution in [0, 0.1) is 27.7 Å². The molecule has 0 atom stereocenters. The fraction of sp³-hybridized carbons (Fsp3) is 0.0800. The first-order chi connectivity index (χ1) is 24.5. The third-order valence-corrected chi connectivity index (χ3v) is 11.9. The molecule has 0 aromatic heterocycles. The first kappa shape index (κ1) is 27.9. The lowest BCUT2D eigenvalue weighted by Crippen LogP contribution is -1.91. The van der Waals surface area contributed by atoms with Gasteiger partial charge in [-0.15, -0.1) is 0 Å². The highest BCUT2D eigenvalue weighted by atomic mass is 14.2. The van der Waals surface area contributed by atoms with Crippen LogP contribution in [-0.4, -0.2) is 0 Å². The number of benzene rings is 9. The predicted molar refractivity (Wildman–Crippen MR) is 219 cm³/mol. The number of hydrogen-bond donors (Lipinski definition) is 0. The Morgan fingerprint density at radius 3 is 1.26 bits per heavy atom. The average Bonchev–Trinajstić information content (AvgIpc) is 3.62. The summed E-state index contributed by atoms with van der Waals surface area (Å²) in [5, 5.41) is 21.4. The number of rotatable bonds is 2. The van der Waals surface area contributed by atoms with Gasteiger partial charge in [0.1, 0.15) is 0 Å². The molecule has 11 aromatic rings. The first-order valence-corrected chi connectivity index (χ1v) is 17.8. The summed E-state index contributed by atoms with van der Waals surface area (Å²) in [5.74, 6) is 0. The monoisotopic (exact) mass is 634 g/mol. The SMILES string of the molecule is Cc1cccc(C)c1-c1cc2c(cc3c4ccccc4c4cccc2c43)c2cc3c(cc12)c1cccc2c(-c4c(C)cccc4C)ccc3c21. The molecule has 50 heavy (non-hydrogen) atoms. The minimum Gasteiger partial charge on any atom is -0.0617 e. The van der Waals surface area contributed by atoms with Gasteiger partial charge in [0.2, 0.25) is 0 Å². The molecular weight excluding hydrogens is 601 g/mol. The van der Waals surface area contributed by atoms with Crippen molar-refractivity contribution in [2.24, 2.45) is 0 Å². The fourth-order valence-electron chi connectivity index (χ4n) is 9.75. The normalized spacial score (nSPS) is 12.4. The minimum atomic E-state index is 1.31. The van der Waals surface area contributed by atoms with Crippen LogP contribution < -0.4 is 0 Å². The highest BCUT2D eigenvalue weighted by Crippen LogP contribution is 2.49. The Morgan fingerprint density at radius 2 is 0.620 bits per heavy atom. The van der Waals surface area contributed by atoms with Crippen molar-refractivity contribution in [2.45, 2.75) is 27.7 Å². The van der Waals surface area contributed by atoms with E-state index in [4.69, 9.17) is 0 Å². The molecule has 0 saturated heterocycles. The zero-order valence-electron chi connectivity index (χ0n) is 28.7. The van der Waals surface area contributed by atoms with Crippen molar-refractivity contribution in [2.75, 3.05) is 0 Å². The van der Waals surface area contributed by atoms with E-state index in [-0.39, 0.29) is 0 Å². The zero-order chi connectivity index (χ0) is 33.4. The van der Waals surface area contributed by atoms with Gasteiger partial charge < -0.3 is 0 Å². The van der Waals surface area contributed by atoms with Crippen LogP contribution in [0.2, 0.25) is 0 Å². The van der Waals surface area contributed by atoms with E-state index < -0.39 is 0 Å². The summed E-state index contributed by atoms with van der Waals surface area (Å²) in [6.45, 7) is 9.01. The summed E-state index contributed by atoms with van der Waals surface area (Å²) in [7, 11) is 0. The Balaban J connectivity index is 1.36. The van der Waals surface area contributed by atoms with Crippen LogP contribution in [0.1, 0.15) is 22.3 Å². The van der Waals surface area contributed by atoms with Gasteiger partial charge >= 0.3 is 0 Å². The third kappa shape index (κ3) is 3.51. The van der Waals surface area contributed by atoms with Crippen molar-refractivity contribution in [1.82, 2.24) is 0 Å². The molecule has 0 aliphatic heterocycles. The molecule has 234 valence electrons. The summed E-state index contributed by atoms with van der Waals surface area (Å²) in [5.41, 5.74) is 10.6. The van der Waals surface area contributed by atoms with Gasteiger partial charge in [-0.1, -0.05) is 109 Å². The summed E-state index contributed by atoms with van der Waals surface area (Å²) in [6.07, 6.45) is 0. The molecule has 0 radical (unpaired) electrons. The van der Waals surface area contributed by atoms with Crippen LogP contribution in [0.4, 0.5) is 0 Å². The van der Waals surface area contributed by atoms with Crippen LogP contribution in [-0.2, 0) is 0 Å². The maximum absolute atomic E-state index is 2.53. The fourth-order valence-corrected chi connectivity index (χ4v) is 9.75. The molecule has 0 aliphatic rings. The maximum Gasteiger partial charge on any atom is -0.00199 e. The third-order valence-electron chi connectivity index (χ3n) is 11.9. The molecule has 0 heteroatoms. The van der Waals surface area contributed by atoms with Crippen molar-refractivity contribution >= 4 is 86.2 Å². The highest BCUT2D eigenvalue weighted by molar-refractivity contribution is 6.39. The molecule has 0 amide bonds. The van der Waals surface area contributed by atoms with E-state index in [2.05, 4.69) is 161 Å². The lowest BCUT2D eigenvalue weighted by Gasteiger charge is -2.17. The highest BCUT2D eigenvalue weighted by Gasteiger charge is 2.22. The van der Waals surface area contributed by atoms with Gasteiger partial charge in [-0.05, 0) is 183 Å². The van der Waals surface area contributed by atoms with Gasteiger partial charge in [0.05, 0.1) is 0 Å². The van der Waals surface area contributed by atoms with Gasteiger partial charge in [0.25, 0.3) is 0 Å². The van der Waals surface area contributed by atoms with E-state index in [1.54, 1.807) is 0 Å². The zero-order valence-corrected chi connectivity index (χ0v) is 28.7. The van der Waals surface area contributed by atoms with E-state index in [9.17, 15) is 0 Å². The smallest absolute Gasteiger partial charge is 0.00199 e. The van der Waals surface area contributed by atoms with E-state index in [1.807, 2.05) is 0 Å². The Morgan fingerprint density at radius 1 is 0.240 bits per heavy atom. The summed E-state index contributed by atoms with van der Waals surface area (Å²) in [6, 6.07) is 50.9. The van der Waals surface area contributed by atoms with Crippen molar-refractivity contribution in [3.05, 3.63) is 156 Å². The minimum absolute atomic E-state index is 1.31. The Bertz CT molecular complexity index is 3190. The van der Waals surface area contributed by atoms with Crippen molar-refractivity contribution in [3.8, 4) is 22.3 Å². The quantitative estimate of drug-likeness (QED) is 0.166. The van der Waals surface area contributed by atoms with Crippen LogP contribution in [0.25, 0.3) is 108 Å². The topological polar surface area (TPSA) is 0 Å². The van der Waals surface area contributed by atoms with Crippen LogP contribution in [0.3, 0.4) is 0 Å². The summed E-state index contributed by atoms with van der Waals surface area (Å²) < 4.78 is 0. The average molecular weight is 635 g/mol. The van der Waals surface area contributed by atoms with E-state index in [0.717, 1.165) is 0 Å². The molecule has 11 rings (SSSR count). The maximum atomic E-state index is 2.53. The van der Waals surface area contributed by atoms with Crippen molar-refractivity contribution in [1.29, 1.82) is 0 Å². The molecule has 0 spiro atoms. The Kier molecular flexibility index (Phi) is 5.47. The van der Waals surface area contributed by atoms with Crippen molar-refractivity contribution < 1.29 is 0 Å². The van der Waals surface area contributed by atoms with E-state index in [1.165, 1.54) is 131 Å². The number of fused-ring (bicyclic) bond motifs is 10. The molecule has 11 aromatic carbocycles. The van der Waals surface area contributed by atoms with E-state index in [0.29, 0.717) is 0 Å². The lowest BCUT2D eigenvalue weighted by molar-refractivity contribution is 1.39. The first-order valence-electron chi connectivity index (χ1n) is 17.8. The van der Waals surface area contributed by atoms with Gasteiger partial charge in [-0.3, -0.25) is 0 Å². The Hall–Kier alpha value is -5.98. The molecule has 0 unspecified atom stereocenters. The standard InChI is InChI=1S/C50H34/c1-27-11-7-12-28(2)47(27)37-21-22-38-40-23-42-43-26-45-32-16-6-5-15-31(32)33-17-9-20-36(50(33)45)41(43)25-46(48-29(3)13-8-14-30(48)4)44(42)24-39(40)35-19-10-18-34(37)49(35)38/h5-26H,1-4H3. The largest absolute Gasteiger partial charge is 0.0617 e. The predicted octanol–water partition coefficient (Wildman–Crippen LogP) is 14.4. The van der Waals surface area contributed by atoms with Crippen LogP contribution in [0.15, 0.2) is 133 Å². The molecule has 0 heterocycles. The second-order valence-electron chi connectivity index (χ2n) is 14.6. The van der Waals surface area contributed by atoms with Crippen LogP contribution >= 0.6 is 0 Å². The molecular formula is C50H34. The second kappa shape index (κ2) is 9.80. The van der Waals surface area contributed by atoms with Gasteiger partial charge in [0, 0.05) is 0 Å². The lowest BCUT2D eigenvalue weighted by atomic mass is 9.86. The van der Waals surface area contributed by atoms with Gasteiger partial charge in [-0.2, -0.15) is 0 Å². The molecule has 0 aliphatic carbocycles. The Labute approximate surface area is 290 Å².